The van der Waals surface area contributed by atoms with E-state index in [0.29, 0.717) is 37.3 Å². The first-order valence-corrected chi connectivity index (χ1v) is 10.6. The zero-order chi connectivity index (χ0) is 22.7. The van der Waals surface area contributed by atoms with E-state index < -0.39 is 11.9 Å². The smallest absolute Gasteiger partial charge is 0.272 e. The molecule has 0 saturated carbocycles. The summed E-state index contributed by atoms with van der Waals surface area (Å²) >= 11 is 0. The molecule has 9 heteroatoms. The van der Waals surface area contributed by atoms with Crippen molar-refractivity contribution in [2.24, 2.45) is 22.5 Å². The molecule has 0 radical (unpaired) electrons. The van der Waals surface area contributed by atoms with E-state index >= 15 is 0 Å². The average molecular weight is 435 g/mol. The van der Waals surface area contributed by atoms with Crippen molar-refractivity contribution >= 4 is 40.5 Å². The number of anilines is 3. The van der Waals surface area contributed by atoms with Gasteiger partial charge in [0, 0.05) is 25.4 Å². The molecule has 0 aromatic heterocycles. The molecule has 0 aliphatic carbocycles. The molecule has 166 valence electrons. The Balaban J connectivity index is 1.51. The lowest BCUT2D eigenvalue weighted by Crippen LogP contribution is -2.39. The number of carbonyl (C=O) groups excluding carboxylic acids is 3. The van der Waals surface area contributed by atoms with E-state index in [1.54, 1.807) is 0 Å². The summed E-state index contributed by atoms with van der Waals surface area (Å²) in [6.45, 7) is 1.35. The number of nitrogens with two attached hydrogens (primary N) is 2. The summed E-state index contributed by atoms with van der Waals surface area (Å²) in [5, 5.41) is 8.83. The number of benzene rings is 2. The number of primary amides is 2. The number of carbonyl (C=O) groups is 3. The molecule has 2 heterocycles. The molecule has 32 heavy (non-hydrogen) atoms. The zero-order valence-corrected chi connectivity index (χ0v) is 17.6. The third-order valence-corrected chi connectivity index (χ3v) is 5.91. The molecule has 1 unspecified atom stereocenters. The number of rotatable bonds is 6. The van der Waals surface area contributed by atoms with E-state index in [4.69, 9.17) is 11.5 Å². The first-order chi connectivity index (χ1) is 15.4. The van der Waals surface area contributed by atoms with Crippen LogP contribution in [0.4, 0.5) is 17.1 Å². The van der Waals surface area contributed by atoms with Crippen LogP contribution in [-0.4, -0.2) is 42.6 Å². The van der Waals surface area contributed by atoms with Crippen LogP contribution < -0.4 is 26.7 Å². The third kappa shape index (κ3) is 4.41. The van der Waals surface area contributed by atoms with Crippen LogP contribution in [0.3, 0.4) is 0 Å². The van der Waals surface area contributed by atoms with E-state index in [1.165, 1.54) is 5.01 Å². The largest absolute Gasteiger partial charge is 0.370 e. The van der Waals surface area contributed by atoms with Crippen molar-refractivity contribution in [1.82, 2.24) is 0 Å². The minimum Gasteiger partial charge on any atom is -0.370 e. The first kappa shape index (κ1) is 21.4. The summed E-state index contributed by atoms with van der Waals surface area (Å²) in [5.41, 5.74) is 13.4. The van der Waals surface area contributed by atoms with Gasteiger partial charge < -0.3 is 21.7 Å². The van der Waals surface area contributed by atoms with Crippen molar-refractivity contribution in [3.63, 3.8) is 0 Å². The highest BCUT2D eigenvalue weighted by molar-refractivity contribution is 6.44. The Bertz CT molecular complexity index is 1050. The van der Waals surface area contributed by atoms with Crippen LogP contribution in [0.1, 0.15) is 19.3 Å². The molecule has 9 nitrogen and oxygen atoms in total. The van der Waals surface area contributed by atoms with Crippen molar-refractivity contribution in [2.45, 2.75) is 25.3 Å². The Labute approximate surface area is 186 Å². The fourth-order valence-corrected chi connectivity index (χ4v) is 4.14. The predicted octanol–water partition coefficient (Wildman–Crippen LogP) is 1.45. The number of para-hydroxylation sites is 3. The molecule has 0 spiro atoms. The van der Waals surface area contributed by atoms with E-state index in [0.717, 1.165) is 5.69 Å². The fourth-order valence-electron chi connectivity index (χ4n) is 4.14. The van der Waals surface area contributed by atoms with Gasteiger partial charge in [-0.05, 0) is 37.1 Å². The van der Waals surface area contributed by atoms with Gasteiger partial charge >= 0.3 is 0 Å². The van der Waals surface area contributed by atoms with Gasteiger partial charge in [-0.3, -0.25) is 19.4 Å². The second kappa shape index (κ2) is 9.09. The Morgan fingerprint density at radius 1 is 0.906 bits per heavy atom. The van der Waals surface area contributed by atoms with Crippen molar-refractivity contribution in [1.29, 1.82) is 0 Å². The zero-order valence-electron chi connectivity index (χ0n) is 17.6. The topological polar surface area (TPSA) is 134 Å². The van der Waals surface area contributed by atoms with Gasteiger partial charge in [-0.15, -0.1) is 0 Å². The molecule has 1 saturated heterocycles. The van der Waals surface area contributed by atoms with Crippen molar-refractivity contribution in [3.05, 3.63) is 54.6 Å². The molecule has 2 aromatic carbocycles. The minimum absolute atomic E-state index is 0.115. The maximum Gasteiger partial charge on any atom is 0.272 e. The number of hydrogen-bond acceptors (Lipinski definition) is 6. The number of amides is 3. The van der Waals surface area contributed by atoms with Gasteiger partial charge in [-0.25, -0.2) is 0 Å². The summed E-state index contributed by atoms with van der Waals surface area (Å²) in [6, 6.07) is 15.9. The number of nitrogens with one attached hydrogen (secondary N) is 1. The lowest BCUT2D eigenvalue weighted by molar-refractivity contribution is -0.122. The second-order valence-corrected chi connectivity index (χ2v) is 7.98. The highest BCUT2D eigenvalue weighted by atomic mass is 16.2. The molecule has 0 bridgehead atoms. The molecule has 3 amide bonds. The van der Waals surface area contributed by atoms with E-state index in [-0.39, 0.29) is 29.9 Å². The van der Waals surface area contributed by atoms with Crippen LogP contribution in [0, 0.1) is 5.92 Å². The van der Waals surface area contributed by atoms with Gasteiger partial charge in [-0.1, -0.05) is 30.3 Å². The highest BCUT2D eigenvalue weighted by Gasteiger charge is 2.35. The summed E-state index contributed by atoms with van der Waals surface area (Å²) in [6.07, 6.45) is 1.48. The van der Waals surface area contributed by atoms with Gasteiger partial charge in [-0.2, -0.15) is 5.10 Å². The van der Waals surface area contributed by atoms with Crippen LogP contribution in [0.25, 0.3) is 0 Å². The summed E-state index contributed by atoms with van der Waals surface area (Å²) < 4.78 is 0. The van der Waals surface area contributed by atoms with E-state index in [1.807, 2.05) is 54.6 Å². The highest BCUT2D eigenvalue weighted by Crippen LogP contribution is 2.30. The van der Waals surface area contributed by atoms with Crippen molar-refractivity contribution in [2.75, 3.05) is 28.3 Å². The SMILES string of the molecule is NC(=O)C1CCN(c2ccccc2NC(=O)C2=NN(c3ccccc3)C(C(N)=O)C2)CC1. The Morgan fingerprint density at radius 2 is 1.56 bits per heavy atom. The van der Waals surface area contributed by atoms with Gasteiger partial charge in [0.2, 0.25) is 11.8 Å². The Morgan fingerprint density at radius 3 is 2.22 bits per heavy atom. The average Bonchev–Trinajstić information content (AvgIpc) is 3.26. The van der Waals surface area contributed by atoms with E-state index in [9.17, 15) is 14.4 Å². The molecule has 2 aromatic rings. The predicted molar refractivity (Wildman–Crippen MR) is 123 cm³/mol. The third-order valence-electron chi connectivity index (χ3n) is 5.91. The number of nitrogens with zero attached hydrogens (tertiary/aromatic N) is 3. The molecule has 4 rings (SSSR count). The van der Waals surface area contributed by atoms with Crippen LogP contribution in [-0.2, 0) is 14.4 Å². The normalized spacial score (nSPS) is 18.9. The minimum atomic E-state index is -0.721. The number of hydrogen-bond donors (Lipinski definition) is 3. The molecule has 1 atom stereocenters. The molecule has 2 aliphatic rings. The first-order valence-electron chi connectivity index (χ1n) is 10.6. The van der Waals surface area contributed by atoms with Gasteiger partial charge in [0.15, 0.2) is 0 Å². The van der Waals surface area contributed by atoms with Crippen LogP contribution in [0.5, 0.6) is 0 Å². The lowest BCUT2D eigenvalue weighted by Gasteiger charge is -2.33. The van der Waals surface area contributed by atoms with E-state index in [2.05, 4.69) is 15.3 Å². The molecular formula is C23H26N6O3. The Kier molecular flexibility index (Phi) is 6.07. The van der Waals surface area contributed by atoms with Crippen LogP contribution in [0.15, 0.2) is 59.7 Å². The summed E-state index contributed by atoms with van der Waals surface area (Å²) in [7, 11) is 0. The van der Waals surface area contributed by atoms with Crippen molar-refractivity contribution < 1.29 is 14.4 Å². The maximum absolute atomic E-state index is 13.0. The standard InChI is InChI=1S/C23H26N6O3/c24-21(30)15-10-12-28(13-11-15)19-9-5-4-8-17(19)26-23(32)18-14-20(22(25)31)29(27-18)16-6-2-1-3-7-16/h1-9,15,20H,10-14H2,(H2,24,30)(H2,25,31)(H,26,32). The second-order valence-electron chi connectivity index (χ2n) is 7.98. The monoisotopic (exact) mass is 434 g/mol. The van der Waals surface area contributed by atoms with Gasteiger partial charge in [0.05, 0.1) is 17.1 Å². The molecule has 2 aliphatic heterocycles. The summed E-state index contributed by atoms with van der Waals surface area (Å²) in [4.78, 5) is 38.6. The van der Waals surface area contributed by atoms with Gasteiger partial charge in [0.1, 0.15) is 11.8 Å². The van der Waals surface area contributed by atoms with Crippen LogP contribution >= 0.6 is 0 Å². The maximum atomic E-state index is 13.0. The Hall–Kier alpha value is -3.88. The van der Waals surface area contributed by atoms with Gasteiger partial charge in [0.25, 0.3) is 5.91 Å². The molecule has 1 fully saturated rings. The number of hydrazone groups is 1. The lowest BCUT2D eigenvalue weighted by atomic mass is 9.96. The van der Waals surface area contributed by atoms with Crippen molar-refractivity contribution in [3.8, 4) is 0 Å². The summed E-state index contributed by atoms with van der Waals surface area (Å²) in [5.74, 6) is -1.31. The fraction of sp³-hybridized carbons (Fsp3) is 0.304. The number of piperidine rings is 1. The molecule has 5 N–H and O–H groups in total. The molecular weight excluding hydrogens is 408 g/mol. The quantitative estimate of drug-likeness (QED) is 0.633. The van der Waals surface area contributed by atoms with Crippen LogP contribution in [0.2, 0.25) is 0 Å².